The van der Waals surface area contributed by atoms with Crippen LogP contribution in [0.4, 0.5) is 4.79 Å². The van der Waals surface area contributed by atoms with Gasteiger partial charge in [-0.05, 0) is 38.7 Å². The third-order valence-corrected chi connectivity index (χ3v) is 4.43. The number of hydrogen-bond donors (Lipinski definition) is 2. The Balaban J connectivity index is 1.65. The molecule has 2 heterocycles. The molecule has 2 amide bonds. The summed E-state index contributed by atoms with van der Waals surface area (Å²) < 4.78 is 1.68. The van der Waals surface area contributed by atoms with Crippen molar-refractivity contribution in [3.05, 3.63) is 34.7 Å². The van der Waals surface area contributed by atoms with E-state index in [1.165, 1.54) is 0 Å². The fourth-order valence-electron chi connectivity index (χ4n) is 2.95. The van der Waals surface area contributed by atoms with Crippen LogP contribution in [0.1, 0.15) is 32.6 Å². The van der Waals surface area contributed by atoms with Gasteiger partial charge in [0.25, 0.3) is 0 Å². The normalized spacial score (nSPS) is 19.4. The van der Waals surface area contributed by atoms with E-state index in [9.17, 15) is 14.7 Å². The Morgan fingerprint density at radius 3 is 3.00 bits per heavy atom. The average molecular weight is 321 g/mol. The molecule has 0 bridgehead atoms. The molecule has 2 atom stereocenters. The molecule has 6 nitrogen and oxygen atoms in total. The summed E-state index contributed by atoms with van der Waals surface area (Å²) in [7, 11) is 0. The number of hydrogen-bond acceptors (Lipinski definition) is 3. The standard InChI is InChI=1S/C17H27N3O3/c1-14(21)15-7-6-12-20(13-15)17(23)18-9-3-5-11-19-10-4-2-8-16(19)22/h2,4,8,10,14-15,21H,3,5-7,9,11-13H2,1H3,(H,18,23). The number of aromatic nitrogens is 1. The highest BCUT2D eigenvalue weighted by molar-refractivity contribution is 5.74. The summed E-state index contributed by atoms with van der Waals surface area (Å²) in [5, 5.41) is 12.6. The molecule has 1 fully saturated rings. The molecule has 0 aliphatic carbocycles. The molecule has 2 N–H and O–H groups in total. The Hall–Kier alpha value is -1.82. The molecule has 23 heavy (non-hydrogen) atoms. The number of piperidine rings is 1. The van der Waals surface area contributed by atoms with Gasteiger partial charge in [-0.15, -0.1) is 0 Å². The van der Waals surface area contributed by atoms with E-state index < -0.39 is 0 Å². The smallest absolute Gasteiger partial charge is 0.317 e. The summed E-state index contributed by atoms with van der Waals surface area (Å²) in [6.45, 7) is 4.45. The quantitative estimate of drug-likeness (QED) is 0.779. The molecule has 128 valence electrons. The minimum atomic E-state index is -0.366. The minimum Gasteiger partial charge on any atom is -0.393 e. The topological polar surface area (TPSA) is 74.6 Å². The van der Waals surface area contributed by atoms with E-state index in [0.717, 1.165) is 32.2 Å². The summed E-state index contributed by atoms with van der Waals surface area (Å²) in [6, 6.07) is 5.08. The van der Waals surface area contributed by atoms with Gasteiger partial charge >= 0.3 is 6.03 Å². The zero-order valence-electron chi connectivity index (χ0n) is 13.8. The molecule has 0 spiro atoms. The number of nitrogens with zero attached hydrogens (tertiary/aromatic N) is 2. The SMILES string of the molecule is CC(O)C1CCCN(C(=O)NCCCCn2ccccc2=O)C1. The number of aliphatic hydroxyl groups is 1. The summed E-state index contributed by atoms with van der Waals surface area (Å²) >= 11 is 0. The van der Waals surface area contributed by atoms with Gasteiger partial charge in [0.1, 0.15) is 0 Å². The first-order valence-electron chi connectivity index (χ1n) is 8.44. The number of unbranched alkanes of at least 4 members (excludes halogenated alkanes) is 1. The molecular formula is C17H27N3O3. The van der Waals surface area contributed by atoms with Gasteiger partial charge in [0.05, 0.1) is 6.10 Å². The largest absolute Gasteiger partial charge is 0.393 e. The van der Waals surface area contributed by atoms with Crippen molar-refractivity contribution >= 4 is 6.03 Å². The van der Waals surface area contributed by atoms with Crippen molar-refractivity contribution in [1.82, 2.24) is 14.8 Å². The van der Waals surface area contributed by atoms with E-state index in [1.54, 1.807) is 34.7 Å². The fourth-order valence-corrected chi connectivity index (χ4v) is 2.95. The van der Waals surface area contributed by atoms with E-state index in [2.05, 4.69) is 5.32 Å². The zero-order chi connectivity index (χ0) is 16.7. The van der Waals surface area contributed by atoms with Crippen molar-refractivity contribution in [2.45, 2.75) is 45.3 Å². The lowest BCUT2D eigenvalue weighted by Gasteiger charge is -2.34. The number of urea groups is 1. The Bertz CT molecular complexity index is 556. The summed E-state index contributed by atoms with van der Waals surface area (Å²) in [5.74, 6) is 0.180. The van der Waals surface area contributed by atoms with Gasteiger partial charge < -0.3 is 19.9 Å². The van der Waals surface area contributed by atoms with Crippen molar-refractivity contribution in [3.8, 4) is 0 Å². The number of carbonyl (C=O) groups is 1. The van der Waals surface area contributed by atoms with E-state index in [4.69, 9.17) is 0 Å². The first-order valence-corrected chi connectivity index (χ1v) is 8.44. The van der Waals surface area contributed by atoms with Crippen LogP contribution in [0.5, 0.6) is 0 Å². The molecule has 0 aromatic carbocycles. The maximum atomic E-state index is 12.1. The Labute approximate surface area is 137 Å². The van der Waals surface area contributed by atoms with Gasteiger partial charge in [-0.1, -0.05) is 6.07 Å². The van der Waals surface area contributed by atoms with Crippen molar-refractivity contribution in [2.75, 3.05) is 19.6 Å². The molecular weight excluding hydrogens is 294 g/mol. The van der Waals surface area contributed by atoms with Crippen LogP contribution in [-0.4, -0.2) is 46.3 Å². The predicted octanol–water partition coefficient (Wildman–Crippen LogP) is 1.43. The second-order valence-corrected chi connectivity index (χ2v) is 6.26. The number of amides is 2. The van der Waals surface area contributed by atoms with Crippen molar-refractivity contribution < 1.29 is 9.90 Å². The first-order chi connectivity index (χ1) is 11.1. The number of aliphatic hydroxyl groups excluding tert-OH is 1. The Morgan fingerprint density at radius 2 is 2.26 bits per heavy atom. The molecule has 6 heteroatoms. The molecule has 1 aromatic rings. The maximum Gasteiger partial charge on any atom is 0.317 e. The third-order valence-electron chi connectivity index (χ3n) is 4.43. The first kappa shape index (κ1) is 17.5. The van der Waals surface area contributed by atoms with Crippen molar-refractivity contribution in [1.29, 1.82) is 0 Å². The monoisotopic (exact) mass is 321 g/mol. The van der Waals surface area contributed by atoms with Gasteiger partial charge in [-0.3, -0.25) is 4.79 Å². The zero-order valence-corrected chi connectivity index (χ0v) is 13.8. The number of rotatable bonds is 6. The molecule has 1 aliphatic heterocycles. The second kappa shape index (κ2) is 8.72. The van der Waals surface area contributed by atoms with Crippen LogP contribution in [0.25, 0.3) is 0 Å². The van der Waals surface area contributed by atoms with Crippen LogP contribution in [0, 0.1) is 5.92 Å². The fraction of sp³-hybridized carbons (Fsp3) is 0.647. The number of pyridine rings is 1. The van der Waals surface area contributed by atoms with E-state index in [-0.39, 0.29) is 23.6 Å². The van der Waals surface area contributed by atoms with Gasteiger partial charge in [0.2, 0.25) is 5.56 Å². The maximum absolute atomic E-state index is 12.1. The number of nitrogens with one attached hydrogen (secondary N) is 1. The average Bonchev–Trinajstić information content (AvgIpc) is 2.56. The van der Waals surface area contributed by atoms with Crippen LogP contribution in [0.15, 0.2) is 29.2 Å². The molecule has 2 unspecified atom stereocenters. The predicted molar refractivity (Wildman–Crippen MR) is 89.3 cm³/mol. The molecule has 2 rings (SSSR count). The van der Waals surface area contributed by atoms with E-state index >= 15 is 0 Å². The second-order valence-electron chi connectivity index (χ2n) is 6.26. The van der Waals surface area contributed by atoms with Crippen LogP contribution >= 0.6 is 0 Å². The Kier molecular flexibility index (Phi) is 6.65. The third kappa shape index (κ3) is 5.39. The Morgan fingerprint density at radius 1 is 1.43 bits per heavy atom. The molecule has 1 aliphatic rings. The van der Waals surface area contributed by atoms with Crippen LogP contribution in [-0.2, 0) is 6.54 Å². The lowest BCUT2D eigenvalue weighted by molar-refractivity contribution is 0.0739. The van der Waals surface area contributed by atoms with E-state index in [1.807, 2.05) is 6.07 Å². The van der Waals surface area contributed by atoms with E-state index in [0.29, 0.717) is 19.6 Å². The highest BCUT2D eigenvalue weighted by atomic mass is 16.3. The summed E-state index contributed by atoms with van der Waals surface area (Å²) in [5.41, 5.74) is 0.00835. The number of aryl methyl sites for hydroxylation is 1. The van der Waals surface area contributed by atoms with Crippen LogP contribution in [0.2, 0.25) is 0 Å². The lowest BCUT2D eigenvalue weighted by Crippen LogP contribution is -2.47. The van der Waals surface area contributed by atoms with Crippen molar-refractivity contribution in [3.63, 3.8) is 0 Å². The van der Waals surface area contributed by atoms with Gasteiger partial charge in [0, 0.05) is 44.4 Å². The highest BCUT2D eigenvalue weighted by Crippen LogP contribution is 2.19. The molecule has 1 aromatic heterocycles. The lowest BCUT2D eigenvalue weighted by atomic mass is 9.94. The number of carbonyl (C=O) groups excluding carboxylic acids is 1. The summed E-state index contributed by atoms with van der Waals surface area (Å²) in [6.07, 6.45) is 5.02. The van der Waals surface area contributed by atoms with Gasteiger partial charge in [0.15, 0.2) is 0 Å². The number of likely N-dealkylation sites (tertiary alicyclic amines) is 1. The molecule has 1 saturated heterocycles. The van der Waals surface area contributed by atoms with Gasteiger partial charge in [-0.2, -0.15) is 0 Å². The molecule has 0 saturated carbocycles. The van der Waals surface area contributed by atoms with Gasteiger partial charge in [-0.25, -0.2) is 4.79 Å². The minimum absolute atomic E-state index is 0.00835. The summed E-state index contributed by atoms with van der Waals surface area (Å²) in [4.78, 5) is 25.5. The van der Waals surface area contributed by atoms with Crippen LogP contribution < -0.4 is 10.9 Å². The molecule has 0 radical (unpaired) electrons. The van der Waals surface area contributed by atoms with Crippen molar-refractivity contribution in [2.24, 2.45) is 5.92 Å². The van der Waals surface area contributed by atoms with Crippen LogP contribution in [0.3, 0.4) is 0 Å². The highest BCUT2D eigenvalue weighted by Gasteiger charge is 2.26.